The summed E-state index contributed by atoms with van der Waals surface area (Å²) in [5.41, 5.74) is -0.550. The monoisotopic (exact) mass is 273 g/mol. The summed E-state index contributed by atoms with van der Waals surface area (Å²) in [5.74, 6) is -0.442. The molecule has 5 heteroatoms. The van der Waals surface area contributed by atoms with Crippen LogP contribution in [-0.4, -0.2) is 31.3 Å². The van der Waals surface area contributed by atoms with E-state index in [-0.39, 0.29) is 12.0 Å². The Hall–Kier alpha value is -1.26. The van der Waals surface area contributed by atoms with Gasteiger partial charge in [0.25, 0.3) is 0 Å². The first-order valence-corrected chi connectivity index (χ1v) is 6.57. The number of carbonyl (C=O) groups excluding carboxylic acids is 2. The highest BCUT2D eigenvalue weighted by Crippen LogP contribution is 2.21. The van der Waals surface area contributed by atoms with Gasteiger partial charge in [0, 0.05) is 0 Å². The van der Waals surface area contributed by atoms with Crippen LogP contribution in [0, 0.1) is 10.8 Å². The van der Waals surface area contributed by atoms with Crippen LogP contribution in [0.1, 0.15) is 48.5 Å². The van der Waals surface area contributed by atoms with Crippen LogP contribution in [0.4, 0.5) is 4.79 Å². The molecule has 0 saturated carbocycles. The van der Waals surface area contributed by atoms with Gasteiger partial charge in [0.15, 0.2) is 0 Å². The molecule has 0 aliphatic carbocycles. The van der Waals surface area contributed by atoms with Crippen LogP contribution in [0.5, 0.6) is 0 Å². The smallest absolute Gasteiger partial charge is 0.407 e. The van der Waals surface area contributed by atoms with E-state index < -0.39 is 23.5 Å². The average Bonchev–Trinajstić information content (AvgIpc) is 2.20. The summed E-state index contributed by atoms with van der Waals surface area (Å²) >= 11 is 0. The third-order valence-electron chi connectivity index (χ3n) is 2.29. The Kier molecular flexibility index (Phi) is 6.33. The number of hydrogen-bond acceptors (Lipinski definition) is 4. The van der Waals surface area contributed by atoms with Crippen LogP contribution >= 0.6 is 0 Å². The summed E-state index contributed by atoms with van der Waals surface area (Å²) in [6.07, 6.45) is -0.595. The first kappa shape index (κ1) is 17.7. The minimum absolute atomic E-state index is 0.113. The second-order valence-electron chi connectivity index (χ2n) is 6.83. The predicted octanol–water partition coefficient (Wildman–Crippen LogP) is 2.74. The fourth-order valence-electron chi connectivity index (χ4n) is 1.30. The predicted molar refractivity (Wildman–Crippen MR) is 73.8 cm³/mol. The minimum atomic E-state index is -0.722. The molecule has 0 rings (SSSR count). The van der Waals surface area contributed by atoms with Crippen molar-refractivity contribution in [2.45, 2.75) is 54.5 Å². The molecule has 1 N–H and O–H groups in total. The number of hydrogen-bond donors (Lipinski definition) is 1. The molecule has 1 atom stereocenters. The quantitative estimate of drug-likeness (QED) is 0.800. The lowest BCUT2D eigenvalue weighted by Gasteiger charge is -2.29. The molecule has 0 aromatic heterocycles. The van der Waals surface area contributed by atoms with E-state index in [4.69, 9.17) is 9.47 Å². The van der Waals surface area contributed by atoms with Crippen molar-refractivity contribution < 1.29 is 19.1 Å². The van der Waals surface area contributed by atoms with Crippen molar-refractivity contribution >= 4 is 12.1 Å². The zero-order chi connectivity index (χ0) is 15.3. The standard InChI is InChI=1S/C14H27NO4/c1-8-18-11(16)10(14(5,6)7)15-12(17)19-9-13(2,3)4/h10H,8-9H2,1-7H3,(H,15,17). The molecule has 0 fully saturated rings. The molecule has 1 unspecified atom stereocenters. The molecular weight excluding hydrogens is 246 g/mol. The molecule has 0 aromatic rings. The maximum Gasteiger partial charge on any atom is 0.407 e. The summed E-state index contributed by atoms with van der Waals surface area (Å²) in [6.45, 7) is 13.8. The van der Waals surface area contributed by atoms with E-state index in [0.717, 1.165) is 0 Å². The fraction of sp³-hybridized carbons (Fsp3) is 0.857. The molecule has 5 nitrogen and oxygen atoms in total. The van der Waals surface area contributed by atoms with E-state index in [0.29, 0.717) is 6.61 Å². The second kappa shape index (κ2) is 6.78. The molecular formula is C14H27NO4. The van der Waals surface area contributed by atoms with Gasteiger partial charge in [-0.05, 0) is 17.8 Å². The maximum atomic E-state index is 11.8. The Morgan fingerprint density at radius 1 is 1.05 bits per heavy atom. The molecule has 0 spiro atoms. The molecule has 0 aliphatic rings. The van der Waals surface area contributed by atoms with E-state index >= 15 is 0 Å². The highest BCUT2D eigenvalue weighted by molar-refractivity contribution is 5.82. The van der Waals surface area contributed by atoms with E-state index in [2.05, 4.69) is 5.32 Å². The average molecular weight is 273 g/mol. The van der Waals surface area contributed by atoms with Crippen molar-refractivity contribution in [1.29, 1.82) is 0 Å². The van der Waals surface area contributed by atoms with Gasteiger partial charge in [-0.1, -0.05) is 41.5 Å². The topological polar surface area (TPSA) is 64.6 Å². The maximum absolute atomic E-state index is 11.8. The Balaban J connectivity index is 4.58. The lowest BCUT2D eigenvalue weighted by molar-refractivity contribution is -0.148. The van der Waals surface area contributed by atoms with Crippen LogP contribution in [-0.2, 0) is 14.3 Å². The van der Waals surface area contributed by atoms with Gasteiger partial charge in [-0.3, -0.25) is 0 Å². The molecule has 1 amide bonds. The van der Waals surface area contributed by atoms with Crippen molar-refractivity contribution in [2.75, 3.05) is 13.2 Å². The summed E-state index contributed by atoms with van der Waals surface area (Å²) in [7, 11) is 0. The van der Waals surface area contributed by atoms with Crippen LogP contribution in [0.3, 0.4) is 0 Å². The normalized spacial score (nSPS) is 13.6. The summed E-state index contributed by atoms with van der Waals surface area (Å²) in [4.78, 5) is 23.5. The molecule has 19 heavy (non-hydrogen) atoms. The van der Waals surface area contributed by atoms with Gasteiger partial charge in [-0.25, -0.2) is 9.59 Å². The molecule has 0 saturated heterocycles. The van der Waals surface area contributed by atoms with E-state index in [1.807, 2.05) is 41.5 Å². The molecule has 0 aliphatic heterocycles. The lowest BCUT2D eigenvalue weighted by atomic mass is 9.87. The Morgan fingerprint density at radius 3 is 1.95 bits per heavy atom. The van der Waals surface area contributed by atoms with Crippen molar-refractivity contribution in [3.05, 3.63) is 0 Å². The summed E-state index contributed by atoms with van der Waals surface area (Å²) in [5, 5.41) is 2.58. The first-order chi connectivity index (χ1) is 8.47. The van der Waals surface area contributed by atoms with Gasteiger partial charge < -0.3 is 14.8 Å². The van der Waals surface area contributed by atoms with E-state index in [1.54, 1.807) is 6.92 Å². The zero-order valence-electron chi connectivity index (χ0n) is 13.1. The van der Waals surface area contributed by atoms with Gasteiger partial charge in [0.1, 0.15) is 6.04 Å². The Morgan fingerprint density at radius 2 is 1.58 bits per heavy atom. The molecule has 0 bridgehead atoms. The van der Waals surface area contributed by atoms with E-state index in [1.165, 1.54) is 0 Å². The number of nitrogens with one attached hydrogen (secondary N) is 1. The molecule has 0 heterocycles. The van der Waals surface area contributed by atoms with Gasteiger partial charge >= 0.3 is 12.1 Å². The van der Waals surface area contributed by atoms with Crippen LogP contribution < -0.4 is 5.32 Å². The van der Waals surface area contributed by atoms with Crippen LogP contribution in [0.25, 0.3) is 0 Å². The Bertz CT molecular complexity index is 312. The van der Waals surface area contributed by atoms with Crippen molar-refractivity contribution in [3.8, 4) is 0 Å². The van der Waals surface area contributed by atoms with Gasteiger partial charge in [-0.15, -0.1) is 0 Å². The van der Waals surface area contributed by atoms with Crippen LogP contribution in [0.2, 0.25) is 0 Å². The van der Waals surface area contributed by atoms with Crippen molar-refractivity contribution in [1.82, 2.24) is 5.32 Å². The number of ether oxygens (including phenoxy) is 2. The molecule has 0 radical (unpaired) electrons. The molecule has 112 valence electrons. The van der Waals surface area contributed by atoms with Crippen molar-refractivity contribution in [2.24, 2.45) is 10.8 Å². The number of alkyl carbamates (subject to hydrolysis) is 1. The fourth-order valence-corrected chi connectivity index (χ4v) is 1.30. The lowest BCUT2D eigenvalue weighted by Crippen LogP contribution is -2.50. The second-order valence-corrected chi connectivity index (χ2v) is 6.83. The van der Waals surface area contributed by atoms with Crippen molar-refractivity contribution in [3.63, 3.8) is 0 Å². The number of rotatable bonds is 4. The summed E-state index contributed by atoms with van der Waals surface area (Å²) in [6, 6.07) is -0.722. The molecule has 0 aromatic carbocycles. The highest BCUT2D eigenvalue weighted by Gasteiger charge is 2.34. The van der Waals surface area contributed by atoms with Crippen LogP contribution in [0.15, 0.2) is 0 Å². The Labute approximate surface area is 116 Å². The minimum Gasteiger partial charge on any atom is -0.464 e. The first-order valence-electron chi connectivity index (χ1n) is 6.57. The third kappa shape index (κ3) is 7.70. The number of carbonyl (C=O) groups is 2. The number of esters is 1. The third-order valence-corrected chi connectivity index (χ3v) is 2.29. The van der Waals surface area contributed by atoms with Gasteiger partial charge in [0.2, 0.25) is 0 Å². The number of amides is 1. The largest absolute Gasteiger partial charge is 0.464 e. The summed E-state index contributed by atoms with van der Waals surface area (Å²) < 4.78 is 10.1. The highest BCUT2D eigenvalue weighted by atomic mass is 16.6. The van der Waals surface area contributed by atoms with Gasteiger partial charge in [-0.2, -0.15) is 0 Å². The SMILES string of the molecule is CCOC(=O)C(NC(=O)OCC(C)(C)C)C(C)(C)C. The zero-order valence-corrected chi connectivity index (χ0v) is 13.1. The van der Waals surface area contributed by atoms with E-state index in [9.17, 15) is 9.59 Å². The van der Waals surface area contributed by atoms with Gasteiger partial charge in [0.05, 0.1) is 13.2 Å².